The van der Waals surface area contributed by atoms with Crippen LogP contribution in [0.2, 0.25) is 0 Å². The molecule has 0 radical (unpaired) electrons. The highest BCUT2D eigenvalue weighted by Crippen LogP contribution is 2.24. The SMILES string of the molecule is CCCC1C(=O)NC(c2ccccc2)C(=O)N1CCC. The highest BCUT2D eigenvalue weighted by Gasteiger charge is 2.39. The summed E-state index contributed by atoms with van der Waals surface area (Å²) in [5.74, 6) is -0.0233. The molecule has 1 fully saturated rings. The molecule has 0 spiro atoms. The molecule has 2 atom stereocenters. The maximum atomic E-state index is 12.7. The number of nitrogens with one attached hydrogen (secondary N) is 1. The van der Waals surface area contributed by atoms with Crippen molar-refractivity contribution >= 4 is 11.8 Å². The van der Waals surface area contributed by atoms with E-state index in [1.54, 1.807) is 4.90 Å². The van der Waals surface area contributed by atoms with Gasteiger partial charge < -0.3 is 10.2 Å². The van der Waals surface area contributed by atoms with Crippen molar-refractivity contribution in [3.8, 4) is 0 Å². The van der Waals surface area contributed by atoms with E-state index in [4.69, 9.17) is 0 Å². The van der Waals surface area contributed by atoms with E-state index in [0.717, 1.165) is 24.8 Å². The predicted octanol–water partition coefficient (Wildman–Crippen LogP) is 2.26. The van der Waals surface area contributed by atoms with Gasteiger partial charge in [-0.05, 0) is 18.4 Å². The first-order chi connectivity index (χ1) is 9.69. The van der Waals surface area contributed by atoms with Crippen LogP contribution >= 0.6 is 0 Å². The van der Waals surface area contributed by atoms with Crippen molar-refractivity contribution in [1.82, 2.24) is 10.2 Å². The summed E-state index contributed by atoms with van der Waals surface area (Å²) in [6, 6.07) is 8.59. The number of carbonyl (C=O) groups excluding carboxylic acids is 2. The Kier molecular flexibility index (Phi) is 4.77. The van der Waals surface area contributed by atoms with Gasteiger partial charge in [0.1, 0.15) is 12.1 Å². The monoisotopic (exact) mass is 274 g/mol. The van der Waals surface area contributed by atoms with Crippen LogP contribution in [0.15, 0.2) is 30.3 Å². The predicted molar refractivity (Wildman–Crippen MR) is 78.0 cm³/mol. The normalized spacial score (nSPS) is 22.8. The molecule has 1 aliphatic rings. The Morgan fingerprint density at radius 3 is 2.40 bits per heavy atom. The summed E-state index contributed by atoms with van der Waals surface area (Å²) < 4.78 is 0. The lowest BCUT2D eigenvalue weighted by Gasteiger charge is -2.39. The number of piperazine rings is 1. The largest absolute Gasteiger partial charge is 0.339 e. The summed E-state index contributed by atoms with van der Waals surface area (Å²) in [4.78, 5) is 26.7. The molecule has 1 heterocycles. The van der Waals surface area contributed by atoms with Crippen LogP contribution < -0.4 is 5.32 Å². The molecule has 1 aromatic carbocycles. The highest BCUT2D eigenvalue weighted by atomic mass is 16.2. The van der Waals surface area contributed by atoms with Gasteiger partial charge >= 0.3 is 0 Å². The van der Waals surface area contributed by atoms with Crippen LogP contribution in [0.5, 0.6) is 0 Å². The second kappa shape index (κ2) is 6.55. The molecule has 2 rings (SSSR count). The summed E-state index contributed by atoms with van der Waals surface area (Å²) >= 11 is 0. The topological polar surface area (TPSA) is 49.4 Å². The van der Waals surface area contributed by atoms with E-state index in [9.17, 15) is 9.59 Å². The summed E-state index contributed by atoms with van der Waals surface area (Å²) in [6.07, 6.45) is 2.47. The van der Waals surface area contributed by atoms with Crippen LogP contribution in [0.1, 0.15) is 44.7 Å². The second-order valence-electron chi connectivity index (χ2n) is 5.19. The molecule has 4 heteroatoms. The van der Waals surface area contributed by atoms with Crippen LogP contribution in [-0.4, -0.2) is 29.3 Å². The van der Waals surface area contributed by atoms with E-state index in [1.807, 2.05) is 44.2 Å². The third kappa shape index (κ3) is 2.84. The van der Waals surface area contributed by atoms with E-state index in [2.05, 4.69) is 5.32 Å². The average molecular weight is 274 g/mol. The molecule has 2 amide bonds. The molecule has 0 bridgehead atoms. The number of hydrogen-bond acceptors (Lipinski definition) is 2. The maximum Gasteiger partial charge on any atom is 0.250 e. The fourth-order valence-electron chi connectivity index (χ4n) is 2.70. The highest BCUT2D eigenvalue weighted by molar-refractivity contribution is 5.97. The Morgan fingerprint density at radius 2 is 1.80 bits per heavy atom. The van der Waals surface area contributed by atoms with Gasteiger partial charge in [0.15, 0.2) is 0 Å². The first-order valence-corrected chi connectivity index (χ1v) is 7.34. The zero-order valence-corrected chi connectivity index (χ0v) is 12.1. The Hall–Kier alpha value is -1.84. The van der Waals surface area contributed by atoms with E-state index in [0.29, 0.717) is 6.54 Å². The Balaban J connectivity index is 2.26. The van der Waals surface area contributed by atoms with Gasteiger partial charge in [0.2, 0.25) is 11.8 Å². The molecule has 1 saturated heterocycles. The van der Waals surface area contributed by atoms with Crippen LogP contribution in [0.25, 0.3) is 0 Å². The molecular weight excluding hydrogens is 252 g/mol. The van der Waals surface area contributed by atoms with Crippen molar-refractivity contribution in [1.29, 1.82) is 0 Å². The lowest BCUT2D eigenvalue weighted by molar-refractivity contribution is -0.149. The molecule has 1 N–H and O–H groups in total. The van der Waals surface area contributed by atoms with Crippen LogP contribution in [0.3, 0.4) is 0 Å². The van der Waals surface area contributed by atoms with Crippen molar-refractivity contribution in [3.05, 3.63) is 35.9 Å². The summed E-state index contributed by atoms with van der Waals surface area (Å²) in [7, 11) is 0. The Bertz CT molecular complexity index is 473. The molecule has 20 heavy (non-hydrogen) atoms. The van der Waals surface area contributed by atoms with Crippen LogP contribution in [-0.2, 0) is 9.59 Å². The minimum absolute atomic E-state index is 0.0103. The number of rotatable bonds is 5. The Labute approximate surface area is 120 Å². The van der Waals surface area contributed by atoms with E-state index < -0.39 is 6.04 Å². The third-order valence-corrected chi connectivity index (χ3v) is 3.66. The van der Waals surface area contributed by atoms with Crippen LogP contribution in [0, 0.1) is 0 Å². The van der Waals surface area contributed by atoms with Gasteiger partial charge in [-0.25, -0.2) is 0 Å². The molecule has 0 aliphatic carbocycles. The molecule has 2 unspecified atom stereocenters. The number of benzene rings is 1. The zero-order chi connectivity index (χ0) is 14.5. The van der Waals surface area contributed by atoms with E-state index in [1.165, 1.54) is 0 Å². The quantitative estimate of drug-likeness (QED) is 0.895. The zero-order valence-electron chi connectivity index (χ0n) is 12.1. The molecule has 4 nitrogen and oxygen atoms in total. The number of amides is 2. The van der Waals surface area contributed by atoms with Gasteiger partial charge in [-0.1, -0.05) is 50.6 Å². The minimum Gasteiger partial charge on any atom is -0.339 e. The minimum atomic E-state index is -0.539. The first-order valence-electron chi connectivity index (χ1n) is 7.34. The van der Waals surface area contributed by atoms with Crippen LogP contribution in [0.4, 0.5) is 0 Å². The summed E-state index contributed by atoms with van der Waals surface area (Å²) in [5, 5.41) is 2.88. The van der Waals surface area contributed by atoms with Crippen molar-refractivity contribution in [2.75, 3.05) is 6.54 Å². The average Bonchev–Trinajstić information content (AvgIpc) is 2.47. The number of carbonyl (C=O) groups is 2. The summed E-state index contributed by atoms with van der Waals surface area (Å²) in [5.41, 5.74) is 0.849. The van der Waals surface area contributed by atoms with Crippen molar-refractivity contribution in [2.45, 2.75) is 45.2 Å². The smallest absolute Gasteiger partial charge is 0.250 e. The first kappa shape index (κ1) is 14.6. The molecule has 0 saturated carbocycles. The van der Waals surface area contributed by atoms with Gasteiger partial charge in [0.25, 0.3) is 0 Å². The van der Waals surface area contributed by atoms with E-state index >= 15 is 0 Å². The molecule has 108 valence electrons. The number of nitrogens with zero attached hydrogens (tertiary/aromatic N) is 1. The maximum absolute atomic E-state index is 12.7. The summed E-state index contributed by atoms with van der Waals surface area (Å²) in [6.45, 7) is 4.70. The Morgan fingerprint density at radius 1 is 1.10 bits per heavy atom. The van der Waals surface area contributed by atoms with Gasteiger partial charge in [0, 0.05) is 6.54 Å². The third-order valence-electron chi connectivity index (χ3n) is 3.66. The molecule has 0 aromatic heterocycles. The lowest BCUT2D eigenvalue weighted by Crippen LogP contribution is -2.59. The second-order valence-corrected chi connectivity index (χ2v) is 5.19. The molecule has 1 aliphatic heterocycles. The number of hydrogen-bond donors (Lipinski definition) is 1. The van der Waals surface area contributed by atoms with Gasteiger partial charge in [-0.2, -0.15) is 0 Å². The van der Waals surface area contributed by atoms with Crippen molar-refractivity contribution in [2.24, 2.45) is 0 Å². The fraction of sp³-hybridized carbons (Fsp3) is 0.500. The molecular formula is C16H22N2O2. The molecule has 1 aromatic rings. The van der Waals surface area contributed by atoms with Crippen molar-refractivity contribution in [3.63, 3.8) is 0 Å². The fourth-order valence-corrected chi connectivity index (χ4v) is 2.70. The van der Waals surface area contributed by atoms with Gasteiger partial charge in [-0.3, -0.25) is 9.59 Å². The van der Waals surface area contributed by atoms with E-state index in [-0.39, 0.29) is 17.9 Å². The standard InChI is InChI=1S/C16H22N2O2/c1-3-8-13-15(19)17-14(12-9-6-5-7-10-12)16(20)18(13)11-4-2/h5-7,9-10,13-14H,3-4,8,11H2,1-2H3,(H,17,19). The lowest BCUT2D eigenvalue weighted by atomic mass is 9.98. The van der Waals surface area contributed by atoms with Gasteiger partial charge in [0.05, 0.1) is 0 Å². The van der Waals surface area contributed by atoms with Crippen molar-refractivity contribution < 1.29 is 9.59 Å². The van der Waals surface area contributed by atoms with Gasteiger partial charge in [-0.15, -0.1) is 0 Å².